The van der Waals surface area contributed by atoms with Gasteiger partial charge in [0.1, 0.15) is 24.0 Å². The second kappa shape index (κ2) is 11.0. The number of alkyl carbamates (subject to hydrolysis) is 1. The van der Waals surface area contributed by atoms with Crippen molar-refractivity contribution in [3.8, 4) is 5.75 Å². The summed E-state index contributed by atoms with van der Waals surface area (Å²) in [6, 6.07) is 16.9. The van der Waals surface area contributed by atoms with Crippen LogP contribution in [0.3, 0.4) is 0 Å². The van der Waals surface area contributed by atoms with Gasteiger partial charge in [0.2, 0.25) is 5.91 Å². The van der Waals surface area contributed by atoms with Crippen molar-refractivity contribution in [3.05, 3.63) is 71.8 Å². The smallest absolute Gasteiger partial charge is 0.408 e. The highest BCUT2D eigenvalue weighted by Crippen LogP contribution is 2.21. The number of hydrogen-bond donors (Lipinski definition) is 2. The Bertz CT molecular complexity index is 857. The third-order valence-corrected chi connectivity index (χ3v) is 4.08. The van der Waals surface area contributed by atoms with Crippen LogP contribution in [0, 0.1) is 0 Å². The topological polar surface area (TPSA) is 76.7 Å². The zero-order valence-electron chi connectivity index (χ0n) is 18.0. The Kier molecular flexibility index (Phi) is 8.47. The minimum Gasteiger partial charge on any atom is -0.488 e. The molecule has 2 amide bonds. The highest BCUT2D eigenvalue weighted by Gasteiger charge is 2.22. The van der Waals surface area contributed by atoms with Crippen LogP contribution in [0.4, 0.5) is 4.79 Å². The van der Waals surface area contributed by atoms with E-state index in [-0.39, 0.29) is 5.91 Å². The standard InChI is InChI=1S/C24H30N2O4/c1-24(2,3)30-23(28)26-20(22(27)25-4)15-10-14-19-13-8-9-16-21(19)29-17-18-11-6-5-7-12-18/h5-14,16,20H,15,17H2,1-4H3,(H,25,27)(H,26,28)/b14-10-. The number of ether oxygens (including phenoxy) is 2. The van der Waals surface area contributed by atoms with E-state index in [1.807, 2.05) is 66.7 Å². The number of rotatable bonds is 8. The van der Waals surface area contributed by atoms with Gasteiger partial charge in [-0.15, -0.1) is 0 Å². The monoisotopic (exact) mass is 410 g/mol. The summed E-state index contributed by atoms with van der Waals surface area (Å²) in [7, 11) is 1.53. The molecule has 0 aromatic heterocycles. The molecule has 0 saturated heterocycles. The minimum absolute atomic E-state index is 0.292. The molecule has 0 heterocycles. The van der Waals surface area contributed by atoms with Crippen LogP contribution in [-0.4, -0.2) is 30.7 Å². The fraction of sp³-hybridized carbons (Fsp3) is 0.333. The number of carbonyl (C=O) groups excluding carboxylic acids is 2. The van der Waals surface area contributed by atoms with E-state index in [0.717, 1.165) is 16.9 Å². The summed E-state index contributed by atoms with van der Waals surface area (Å²) < 4.78 is 11.2. The maximum absolute atomic E-state index is 12.1. The van der Waals surface area contributed by atoms with Crippen LogP contribution in [0.15, 0.2) is 60.7 Å². The van der Waals surface area contributed by atoms with E-state index in [9.17, 15) is 9.59 Å². The largest absolute Gasteiger partial charge is 0.488 e. The van der Waals surface area contributed by atoms with Crippen molar-refractivity contribution >= 4 is 18.1 Å². The van der Waals surface area contributed by atoms with Crippen molar-refractivity contribution in [3.63, 3.8) is 0 Å². The third kappa shape index (κ3) is 7.99. The molecule has 0 aliphatic heterocycles. The average molecular weight is 411 g/mol. The fourth-order valence-corrected chi connectivity index (χ4v) is 2.67. The lowest BCUT2D eigenvalue weighted by molar-refractivity contribution is -0.122. The first-order valence-electron chi connectivity index (χ1n) is 9.92. The zero-order valence-corrected chi connectivity index (χ0v) is 18.0. The summed E-state index contributed by atoms with van der Waals surface area (Å²) in [5.74, 6) is 0.452. The van der Waals surface area contributed by atoms with Crippen molar-refractivity contribution < 1.29 is 19.1 Å². The lowest BCUT2D eigenvalue weighted by Crippen LogP contribution is -2.47. The van der Waals surface area contributed by atoms with Gasteiger partial charge in [0.05, 0.1) is 0 Å². The molecule has 2 aromatic carbocycles. The molecule has 160 valence electrons. The van der Waals surface area contributed by atoms with Crippen molar-refractivity contribution in [2.24, 2.45) is 0 Å². The molecule has 0 spiro atoms. The summed E-state index contributed by atoms with van der Waals surface area (Å²) >= 11 is 0. The Morgan fingerprint density at radius 2 is 1.70 bits per heavy atom. The SMILES string of the molecule is CNC(=O)C(C/C=C\c1ccccc1OCc1ccccc1)NC(=O)OC(C)(C)C. The van der Waals surface area contributed by atoms with Gasteiger partial charge in [-0.25, -0.2) is 4.79 Å². The highest BCUT2D eigenvalue weighted by atomic mass is 16.6. The number of para-hydroxylation sites is 1. The summed E-state index contributed by atoms with van der Waals surface area (Å²) in [6.45, 7) is 5.78. The van der Waals surface area contributed by atoms with Gasteiger partial charge < -0.3 is 20.1 Å². The molecule has 6 heteroatoms. The maximum Gasteiger partial charge on any atom is 0.408 e. The highest BCUT2D eigenvalue weighted by molar-refractivity contribution is 5.85. The Morgan fingerprint density at radius 3 is 2.37 bits per heavy atom. The molecule has 2 aromatic rings. The molecule has 0 saturated carbocycles. The second-order valence-corrected chi connectivity index (χ2v) is 7.76. The predicted molar refractivity (Wildman–Crippen MR) is 118 cm³/mol. The molecule has 1 unspecified atom stereocenters. The van der Waals surface area contributed by atoms with E-state index in [1.54, 1.807) is 20.8 Å². The number of benzene rings is 2. The molecule has 0 bridgehead atoms. The summed E-state index contributed by atoms with van der Waals surface area (Å²) in [4.78, 5) is 24.2. The fourth-order valence-electron chi connectivity index (χ4n) is 2.67. The molecule has 0 aliphatic rings. The maximum atomic E-state index is 12.1. The van der Waals surface area contributed by atoms with E-state index in [0.29, 0.717) is 13.0 Å². The van der Waals surface area contributed by atoms with Gasteiger partial charge in [-0.1, -0.05) is 60.7 Å². The Hall–Kier alpha value is -3.28. The molecular formula is C24H30N2O4. The van der Waals surface area contributed by atoms with Crippen LogP contribution in [-0.2, 0) is 16.1 Å². The van der Waals surface area contributed by atoms with Crippen LogP contribution in [0.25, 0.3) is 6.08 Å². The van der Waals surface area contributed by atoms with Gasteiger partial charge >= 0.3 is 6.09 Å². The average Bonchev–Trinajstić information content (AvgIpc) is 2.71. The van der Waals surface area contributed by atoms with Crippen LogP contribution in [0.5, 0.6) is 5.75 Å². The van der Waals surface area contributed by atoms with Gasteiger partial charge in [-0.3, -0.25) is 4.79 Å². The van der Waals surface area contributed by atoms with Gasteiger partial charge in [-0.2, -0.15) is 0 Å². The second-order valence-electron chi connectivity index (χ2n) is 7.76. The first kappa shape index (κ1) is 23.0. The van der Waals surface area contributed by atoms with Crippen LogP contribution >= 0.6 is 0 Å². The van der Waals surface area contributed by atoms with E-state index in [4.69, 9.17) is 9.47 Å². The Balaban J connectivity index is 2.02. The first-order chi connectivity index (χ1) is 14.3. The number of amides is 2. The van der Waals surface area contributed by atoms with Crippen molar-refractivity contribution in [2.45, 2.75) is 45.4 Å². The molecule has 0 fully saturated rings. The van der Waals surface area contributed by atoms with E-state index in [2.05, 4.69) is 10.6 Å². The third-order valence-electron chi connectivity index (χ3n) is 4.08. The van der Waals surface area contributed by atoms with Crippen molar-refractivity contribution in [1.29, 1.82) is 0 Å². The van der Waals surface area contributed by atoms with Crippen molar-refractivity contribution in [2.75, 3.05) is 7.05 Å². The number of hydrogen-bond acceptors (Lipinski definition) is 4. The summed E-state index contributed by atoms with van der Waals surface area (Å²) in [5.41, 5.74) is 1.33. The van der Waals surface area contributed by atoms with Crippen LogP contribution < -0.4 is 15.4 Å². The molecule has 6 nitrogen and oxygen atoms in total. The number of carbonyl (C=O) groups is 2. The lowest BCUT2D eigenvalue weighted by Gasteiger charge is -2.22. The van der Waals surface area contributed by atoms with Gasteiger partial charge in [-0.05, 0) is 38.8 Å². The molecule has 0 aliphatic carbocycles. The number of likely N-dealkylation sites (N-methyl/N-ethyl adjacent to an activating group) is 1. The zero-order chi connectivity index (χ0) is 22.0. The quantitative estimate of drug-likeness (QED) is 0.680. The number of nitrogens with one attached hydrogen (secondary N) is 2. The normalized spacial score (nSPS) is 12.3. The molecule has 2 rings (SSSR count). The first-order valence-corrected chi connectivity index (χ1v) is 9.92. The van der Waals surface area contributed by atoms with E-state index in [1.165, 1.54) is 7.05 Å². The molecule has 2 N–H and O–H groups in total. The van der Waals surface area contributed by atoms with Crippen LogP contribution in [0.1, 0.15) is 38.3 Å². The molecule has 30 heavy (non-hydrogen) atoms. The molecule has 1 atom stereocenters. The molecular weight excluding hydrogens is 380 g/mol. The van der Waals surface area contributed by atoms with E-state index >= 15 is 0 Å². The predicted octanol–water partition coefficient (Wildman–Crippen LogP) is 4.31. The van der Waals surface area contributed by atoms with E-state index < -0.39 is 17.7 Å². The minimum atomic E-state index is -0.738. The van der Waals surface area contributed by atoms with Crippen molar-refractivity contribution in [1.82, 2.24) is 10.6 Å². The van der Waals surface area contributed by atoms with Gasteiger partial charge in [0, 0.05) is 12.6 Å². The lowest BCUT2D eigenvalue weighted by atomic mass is 10.1. The Morgan fingerprint density at radius 1 is 1.03 bits per heavy atom. The van der Waals surface area contributed by atoms with Crippen LogP contribution in [0.2, 0.25) is 0 Å². The van der Waals surface area contributed by atoms with Gasteiger partial charge in [0.15, 0.2) is 0 Å². The Labute approximate surface area is 178 Å². The van der Waals surface area contributed by atoms with Gasteiger partial charge in [0.25, 0.3) is 0 Å². The summed E-state index contributed by atoms with van der Waals surface area (Å²) in [5, 5.41) is 5.18. The summed E-state index contributed by atoms with van der Waals surface area (Å²) in [6.07, 6.45) is 3.40. The molecule has 0 radical (unpaired) electrons.